The van der Waals surface area contributed by atoms with E-state index in [-0.39, 0.29) is 5.91 Å². The van der Waals surface area contributed by atoms with Gasteiger partial charge in [0.15, 0.2) is 5.65 Å². The van der Waals surface area contributed by atoms with E-state index >= 15 is 0 Å². The molecule has 1 N–H and O–H groups in total. The fraction of sp³-hybridized carbons (Fsp3) is 0.0625. The number of hydrogen-bond donors (Lipinski definition) is 1. The third-order valence-electron chi connectivity index (χ3n) is 3.49. The van der Waals surface area contributed by atoms with Crippen LogP contribution < -0.4 is 5.32 Å². The quantitative estimate of drug-likeness (QED) is 0.609. The number of carbonyl (C=O) groups excluding carboxylic acids is 1. The normalized spacial score (nSPS) is 11.2. The number of pyridine rings is 1. The topological polar surface area (TPSA) is 72.4 Å². The van der Waals surface area contributed by atoms with Gasteiger partial charge in [0.25, 0.3) is 5.91 Å². The number of amides is 1. The Bertz CT molecular complexity index is 1050. The van der Waals surface area contributed by atoms with E-state index in [1.165, 1.54) is 6.26 Å². The SMILES string of the molecule is Cc1nc2ccc(NC(=O)c3c(Cl)ccc4ccoc34)cn2n1. The van der Waals surface area contributed by atoms with Gasteiger partial charge in [-0.15, -0.1) is 0 Å². The zero-order valence-corrected chi connectivity index (χ0v) is 12.8. The molecule has 0 saturated carbocycles. The summed E-state index contributed by atoms with van der Waals surface area (Å²) in [6, 6.07) is 8.81. The molecule has 0 aliphatic heterocycles. The molecule has 0 fully saturated rings. The van der Waals surface area contributed by atoms with Gasteiger partial charge in [-0.2, -0.15) is 5.10 Å². The Morgan fingerprint density at radius 1 is 1.26 bits per heavy atom. The Balaban J connectivity index is 1.73. The first-order chi connectivity index (χ1) is 11.1. The second-order valence-corrected chi connectivity index (χ2v) is 5.50. The number of carbonyl (C=O) groups is 1. The molecule has 0 saturated heterocycles. The highest BCUT2D eigenvalue weighted by atomic mass is 35.5. The van der Waals surface area contributed by atoms with Crippen molar-refractivity contribution in [2.24, 2.45) is 0 Å². The van der Waals surface area contributed by atoms with Crippen molar-refractivity contribution >= 4 is 39.8 Å². The van der Waals surface area contributed by atoms with E-state index in [1.54, 1.807) is 35.0 Å². The zero-order valence-electron chi connectivity index (χ0n) is 12.1. The van der Waals surface area contributed by atoms with Gasteiger partial charge in [0.05, 0.1) is 23.2 Å². The van der Waals surface area contributed by atoms with Crippen LogP contribution in [-0.2, 0) is 0 Å². The maximum Gasteiger partial charge on any atom is 0.261 e. The molecule has 3 heterocycles. The van der Waals surface area contributed by atoms with E-state index in [0.29, 0.717) is 33.3 Å². The second-order valence-electron chi connectivity index (χ2n) is 5.10. The van der Waals surface area contributed by atoms with Crippen molar-refractivity contribution < 1.29 is 9.21 Å². The summed E-state index contributed by atoms with van der Waals surface area (Å²) in [6.45, 7) is 1.81. The highest BCUT2D eigenvalue weighted by Gasteiger charge is 2.17. The van der Waals surface area contributed by atoms with Crippen molar-refractivity contribution in [3.8, 4) is 0 Å². The van der Waals surface area contributed by atoms with Gasteiger partial charge in [-0.05, 0) is 37.3 Å². The molecule has 0 unspecified atom stereocenters. The highest BCUT2D eigenvalue weighted by Crippen LogP contribution is 2.27. The molecule has 0 aliphatic rings. The molecule has 3 aromatic heterocycles. The number of aryl methyl sites for hydroxylation is 1. The average Bonchev–Trinajstić information content (AvgIpc) is 3.11. The van der Waals surface area contributed by atoms with Crippen molar-refractivity contribution in [1.82, 2.24) is 14.6 Å². The summed E-state index contributed by atoms with van der Waals surface area (Å²) >= 11 is 6.17. The fourth-order valence-corrected chi connectivity index (χ4v) is 2.72. The Kier molecular flexibility index (Phi) is 3.06. The number of anilines is 1. The Hall–Kier alpha value is -2.86. The van der Waals surface area contributed by atoms with Crippen molar-refractivity contribution in [3.05, 3.63) is 59.2 Å². The number of fused-ring (bicyclic) bond motifs is 2. The van der Waals surface area contributed by atoms with Crippen molar-refractivity contribution in [1.29, 1.82) is 0 Å². The van der Waals surface area contributed by atoms with Gasteiger partial charge >= 0.3 is 0 Å². The third kappa shape index (κ3) is 2.33. The molecule has 23 heavy (non-hydrogen) atoms. The number of hydrogen-bond acceptors (Lipinski definition) is 4. The van der Waals surface area contributed by atoms with Gasteiger partial charge in [-0.1, -0.05) is 11.6 Å². The zero-order chi connectivity index (χ0) is 16.0. The van der Waals surface area contributed by atoms with Crippen LogP contribution in [0.3, 0.4) is 0 Å². The summed E-state index contributed by atoms with van der Waals surface area (Å²) in [6.07, 6.45) is 3.23. The Morgan fingerprint density at radius 2 is 2.13 bits per heavy atom. The fourth-order valence-electron chi connectivity index (χ4n) is 2.48. The first-order valence-electron chi connectivity index (χ1n) is 6.92. The van der Waals surface area contributed by atoms with Gasteiger partial charge < -0.3 is 9.73 Å². The van der Waals surface area contributed by atoms with Gasteiger partial charge in [0, 0.05) is 5.39 Å². The van der Waals surface area contributed by atoms with Crippen LogP contribution in [0.25, 0.3) is 16.6 Å². The van der Waals surface area contributed by atoms with Gasteiger partial charge in [0.2, 0.25) is 0 Å². The summed E-state index contributed by atoms with van der Waals surface area (Å²) in [7, 11) is 0. The minimum atomic E-state index is -0.341. The molecule has 4 rings (SSSR count). The van der Waals surface area contributed by atoms with Gasteiger partial charge in [-0.3, -0.25) is 4.79 Å². The molecule has 0 radical (unpaired) electrons. The van der Waals surface area contributed by atoms with Crippen LogP contribution in [0.15, 0.2) is 47.2 Å². The average molecular weight is 327 g/mol. The van der Waals surface area contributed by atoms with Gasteiger partial charge in [0.1, 0.15) is 17.0 Å². The molecular formula is C16H11ClN4O2. The number of halogens is 1. The summed E-state index contributed by atoms with van der Waals surface area (Å²) in [5, 5.41) is 8.19. The van der Waals surface area contributed by atoms with Crippen LogP contribution in [0.2, 0.25) is 5.02 Å². The summed E-state index contributed by atoms with van der Waals surface area (Å²) in [5.74, 6) is 0.323. The van der Waals surface area contributed by atoms with E-state index in [1.807, 2.05) is 13.0 Å². The molecule has 0 aliphatic carbocycles. The third-order valence-corrected chi connectivity index (χ3v) is 3.81. The van der Waals surface area contributed by atoms with E-state index in [2.05, 4.69) is 15.4 Å². The first-order valence-corrected chi connectivity index (χ1v) is 7.30. The summed E-state index contributed by atoms with van der Waals surface area (Å²) in [4.78, 5) is 16.8. The van der Waals surface area contributed by atoms with Crippen LogP contribution in [0, 0.1) is 6.92 Å². The smallest absolute Gasteiger partial charge is 0.261 e. The maximum atomic E-state index is 12.6. The molecule has 6 nitrogen and oxygen atoms in total. The predicted octanol–water partition coefficient (Wildman–Crippen LogP) is 3.69. The molecule has 1 aromatic carbocycles. The second kappa shape index (κ2) is 5.10. The minimum Gasteiger partial charge on any atom is -0.463 e. The lowest BCUT2D eigenvalue weighted by molar-refractivity contribution is 0.102. The molecule has 1 amide bonds. The number of aromatic nitrogens is 3. The number of nitrogens with one attached hydrogen (secondary N) is 1. The van der Waals surface area contributed by atoms with Crippen molar-refractivity contribution in [2.75, 3.05) is 5.32 Å². The molecule has 0 atom stereocenters. The number of benzene rings is 1. The monoisotopic (exact) mass is 326 g/mol. The van der Waals surface area contributed by atoms with Crippen molar-refractivity contribution in [3.63, 3.8) is 0 Å². The van der Waals surface area contributed by atoms with E-state index in [9.17, 15) is 4.79 Å². The number of nitrogens with zero attached hydrogens (tertiary/aromatic N) is 3. The lowest BCUT2D eigenvalue weighted by atomic mass is 10.1. The lowest BCUT2D eigenvalue weighted by Gasteiger charge is -2.07. The largest absolute Gasteiger partial charge is 0.463 e. The summed E-state index contributed by atoms with van der Waals surface area (Å²) < 4.78 is 7.00. The lowest BCUT2D eigenvalue weighted by Crippen LogP contribution is -2.13. The Labute approximate surface area is 135 Å². The van der Waals surface area contributed by atoms with E-state index in [0.717, 1.165) is 5.39 Å². The van der Waals surface area contributed by atoms with Gasteiger partial charge in [-0.25, -0.2) is 9.50 Å². The van der Waals surface area contributed by atoms with Crippen LogP contribution in [0.4, 0.5) is 5.69 Å². The minimum absolute atomic E-state index is 0.309. The molecule has 4 aromatic rings. The van der Waals surface area contributed by atoms with Crippen molar-refractivity contribution in [2.45, 2.75) is 6.92 Å². The molecule has 0 bridgehead atoms. The summed E-state index contributed by atoms with van der Waals surface area (Å²) in [5.41, 5.74) is 2.08. The standard InChI is InChI=1S/C16H11ClN4O2/c1-9-18-13-5-3-11(8-21(13)20-9)19-16(22)14-12(17)4-2-10-6-7-23-15(10)14/h2-8H,1H3,(H,19,22). The molecule has 0 spiro atoms. The molecule has 114 valence electrons. The number of rotatable bonds is 2. The van der Waals surface area contributed by atoms with Crippen LogP contribution in [-0.4, -0.2) is 20.5 Å². The highest BCUT2D eigenvalue weighted by molar-refractivity contribution is 6.36. The predicted molar refractivity (Wildman–Crippen MR) is 86.9 cm³/mol. The maximum absolute atomic E-state index is 12.6. The molecule has 7 heteroatoms. The van der Waals surface area contributed by atoms with E-state index < -0.39 is 0 Å². The van der Waals surface area contributed by atoms with Crippen LogP contribution in [0.5, 0.6) is 0 Å². The van der Waals surface area contributed by atoms with E-state index in [4.69, 9.17) is 16.0 Å². The first kappa shape index (κ1) is 13.8. The van der Waals surface area contributed by atoms with Crippen LogP contribution >= 0.6 is 11.6 Å². The molecular weight excluding hydrogens is 316 g/mol. The van der Waals surface area contributed by atoms with Crippen LogP contribution in [0.1, 0.15) is 16.2 Å². The number of furan rings is 1. The Morgan fingerprint density at radius 3 is 3.00 bits per heavy atom.